The van der Waals surface area contributed by atoms with Crippen molar-refractivity contribution in [3.05, 3.63) is 22.4 Å². The minimum Gasteiger partial charge on any atom is -0.481 e. The zero-order valence-electron chi connectivity index (χ0n) is 12.3. The summed E-state index contributed by atoms with van der Waals surface area (Å²) in [6.07, 6.45) is 6.26. The molecule has 0 saturated heterocycles. The van der Waals surface area contributed by atoms with Gasteiger partial charge in [0.2, 0.25) is 5.91 Å². The SMILES string of the molecule is O=C(O)CC1(CC(=O)NCCc2cccs2)CCCCC1. The van der Waals surface area contributed by atoms with E-state index in [1.54, 1.807) is 11.3 Å². The van der Waals surface area contributed by atoms with E-state index in [9.17, 15) is 9.59 Å². The van der Waals surface area contributed by atoms with E-state index >= 15 is 0 Å². The van der Waals surface area contributed by atoms with E-state index in [1.807, 2.05) is 11.4 Å². The van der Waals surface area contributed by atoms with Gasteiger partial charge in [0.05, 0.1) is 6.42 Å². The molecule has 0 aliphatic heterocycles. The molecule has 0 atom stereocenters. The lowest BCUT2D eigenvalue weighted by Gasteiger charge is -2.35. The molecule has 5 heteroatoms. The van der Waals surface area contributed by atoms with Gasteiger partial charge in [-0.25, -0.2) is 0 Å². The van der Waals surface area contributed by atoms with Crippen molar-refractivity contribution in [2.24, 2.45) is 5.41 Å². The maximum atomic E-state index is 12.1. The first-order valence-corrected chi connectivity index (χ1v) is 8.49. The van der Waals surface area contributed by atoms with Crippen molar-refractivity contribution in [3.8, 4) is 0 Å². The van der Waals surface area contributed by atoms with Gasteiger partial charge in [0, 0.05) is 17.8 Å². The molecule has 0 radical (unpaired) electrons. The van der Waals surface area contributed by atoms with Gasteiger partial charge >= 0.3 is 5.97 Å². The van der Waals surface area contributed by atoms with Crippen LogP contribution in [0.3, 0.4) is 0 Å². The summed E-state index contributed by atoms with van der Waals surface area (Å²) in [6, 6.07) is 4.07. The van der Waals surface area contributed by atoms with Crippen molar-refractivity contribution >= 4 is 23.2 Å². The summed E-state index contributed by atoms with van der Waals surface area (Å²) in [6.45, 7) is 0.627. The highest BCUT2D eigenvalue weighted by Gasteiger charge is 2.36. The fraction of sp³-hybridized carbons (Fsp3) is 0.625. The van der Waals surface area contributed by atoms with Gasteiger partial charge in [-0.3, -0.25) is 9.59 Å². The Hall–Kier alpha value is -1.36. The molecule has 1 aliphatic rings. The Morgan fingerprint density at radius 2 is 2.00 bits per heavy atom. The molecule has 2 rings (SSSR count). The van der Waals surface area contributed by atoms with Gasteiger partial charge in [-0.2, -0.15) is 0 Å². The highest BCUT2D eigenvalue weighted by molar-refractivity contribution is 7.09. The number of rotatable bonds is 7. The Morgan fingerprint density at radius 1 is 1.24 bits per heavy atom. The second kappa shape index (κ2) is 7.59. The molecule has 1 saturated carbocycles. The molecular formula is C16H23NO3S. The van der Waals surface area contributed by atoms with Crippen molar-refractivity contribution in [2.75, 3.05) is 6.54 Å². The molecule has 0 unspecified atom stereocenters. The minimum absolute atomic E-state index is 0.00490. The Balaban J connectivity index is 1.81. The van der Waals surface area contributed by atoms with Crippen LogP contribution in [0.5, 0.6) is 0 Å². The number of nitrogens with one attached hydrogen (secondary N) is 1. The minimum atomic E-state index is -0.789. The van der Waals surface area contributed by atoms with Gasteiger partial charge in [0.25, 0.3) is 0 Å². The maximum Gasteiger partial charge on any atom is 0.303 e. The molecule has 1 heterocycles. The van der Waals surface area contributed by atoms with Gasteiger partial charge in [-0.1, -0.05) is 25.3 Å². The Bertz CT molecular complexity index is 464. The normalized spacial score (nSPS) is 17.3. The zero-order valence-corrected chi connectivity index (χ0v) is 13.1. The molecule has 0 spiro atoms. The molecule has 1 aromatic heterocycles. The van der Waals surface area contributed by atoms with Gasteiger partial charge < -0.3 is 10.4 Å². The van der Waals surface area contributed by atoms with Gasteiger partial charge in [-0.15, -0.1) is 11.3 Å². The number of carboxylic acid groups (broad SMARTS) is 1. The van der Waals surface area contributed by atoms with Crippen molar-refractivity contribution < 1.29 is 14.7 Å². The maximum absolute atomic E-state index is 12.1. The van der Waals surface area contributed by atoms with Crippen LogP contribution in [0.15, 0.2) is 17.5 Å². The summed E-state index contributed by atoms with van der Waals surface area (Å²) in [4.78, 5) is 24.5. The third kappa shape index (κ3) is 5.16. The summed E-state index contributed by atoms with van der Waals surface area (Å²) >= 11 is 1.69. The van der Waals surface area contributed by atoms with E-state index in [0.717, 1.165) is 38.5 Å². The van der Waals surface area contributed by atoms with E-state index in [0.29, 0.717) is 13.0 Å². The Morgan fingerprint density at radius 3 is 2.62 bits per heavy atom. The number of hydrogen-bond donors (Lipinski definition) is 2. The quantitative estimate of drug-likeness (QED) is 0.812. The summed E-state index contributed by atoms with van der Waals surface area (Å²) < 4.78 is 0. The van der Waals surface area contributed by atoms with Crippen molar-refractivity contribution in [3.63, 3.8) is 0 Å². The predicted octanol–water partition coefficient (Wildman–Crippen LogP) is 3.22. The van der Waals surface area contributed by atoms with E-state index in [2.05, 4.69) is 11.4 Å². The van der Waals surface area contributed by atoms with E-state index < -0.39 is 5.97 Å². The number of thiophene rings is 1. The third-order valence-electron chi connectivity index (χ3n) is 4.25. The highest BCUT2D eigenvalue weighted by Crippen LogP contribution is 2.42. The molecular weight excluding hydrogens is 286 g/mol. The van der Waals surface area contributed by atoms with Gasteiger partial charge in [0.15, 0.2) is 0 Å². The van der Waals surface area contributed by atoms with Crippen LogP contribution < -0.4 is 5.32 Å². The molecule has 1 aromatic rings. The fourth-order valence-electron chi connectivity index (χ4n) is 3.22. The molecule has 1 fully saturated rings. The summed E-state index contributed by atoms with van der Waals surface area (Å²) in [7, 11) is 0. The molecule has 21 heavy (non-hydrogen) atoms. The monoisotopic (exact) mass is 309 g/mol. The summed E-state index contributed by atoms with van der Waals surface area (Å²) in [5, 5.41) is 14.1. The Kier molecular flexibility index (Phi) is 5.79. The van der Waals surface area contributed by atoms with Gasteiger partial charge in [0.1, 0.15) is 0 Å². The largest absolute Gasteiger partial charge is 0.481 e. The van der Waals surface area contributed by atoms with Crippen LogP contribution in [0.25, 0.3) is 0 Å². The van der Waals surface area contributed by atoms with Crippen LogP contribution in [-0.4, -0.2) is 23.5 Å². The molecule has 116 valence electrons. The van der Waals surface area contributed by atoms with E-state index in [4.69, 9.17) is 5.11 Å². The van der Waals surface area contributed by atoms with Crippen LogP contribution in [0, 0.1) is 5.41 Å². The molecule has 1 aliphatic carbocycles. The molecule has 0 aromatic carbocycles. The average molecular weight is 309 g/mol. The zero-order chi connectivity index (χ0) is 15.1. The second-order valence-corrected chi connectivity index (χ2v) is 7.02. The lowest BCUT2D eigenvalue weighted by Crippen LogP contribution is -2.35. The molecule has 1 amide bonds. The van der Waals surface area contributed by atoms with Crippen LogP contribution in [-0.2, 0) is 16.0 Å². The number of aliphatic carboxylic acids is 1. The summed E-state index contributed by atoms with van der Waals surface area (Å²) in [5.41, 5.74) is -0.322. The van der Waals surface area contributed by atoms with Crippen LogP contribution in [0.4, 0.5) is 0 Å². The first-order valence-electron chi connectivity index (χ1n) is 7.61. The highest BCUT2D eigenvalue weighted by atomic mass is 32.1. The standard InChI is InChI=1S/C16H23NO3S/c18-14(17-9-6-13-5-4-10-21-13)11-16(12-15(19)20)7-2-1-3-8-16/h4-5,10H,1-3,6-9,11-12H2,(H,17,18)(H,19,20). The first kappa shape index (κ1) is 16.0. The van der Waals surface area contributed by atoms with Crippen molar-refractivity contribution in [1.82, 2.24) is 5.32 Å². The number of hydrogen-bond acceptors (Lipinski definition) is 3. The third-order valence-corrected chi connectivity index (χ3v) is 5.19. The number of amides is 1. The average Bonchev–Trinajstić information content (AvgIpc) is 2.91. The predicted molar refractivity (Wildman–Crippen MR) is 83.4 cm³/mol. The lowest BCUT2D eigenvalue weighted by molar-refractivity contribution is -0.141. The van der Waals surface area contributed by atoms with Crippen LogP contribution in [0.2, 0.25) is 0 Å². The molecule has 4 nitrogen and oxygen atoms in total. The van der Waals surface area contributed by atoms with Crippen LogP contribution >= 0.6 is 11.3 Å². The molecule has 2 N–H and O–H groups in total. The van der Waals surface area contributed by atoms with Crippen molar-refractivity contribution in [2.45, 2.75) is 51.4 Å². The second-order valence-electron chi connectivity index (χ2n) is 5.99. The first-order chi connectivity index (χ1) is 10.1. The van der Waals surface area contributed by atoms with E-state index in [-0.39, 0.29) is 17.7 Å². The summed E-state index contributed by atoms with van der Waals surface area (Å²) in [5.74, 6) is -0.794. The smallest absolute Gasteiger partial charge is 0.303 e. The van der Waals surface area contributed by atoms with Crippen molar-refractivity contribution in [1.29, 1.82) is 0 Å². The number of carbonyl (C=O) groups is 2. The number of carbonyl (C=O) groups excluding carboxylic acids is 1. The molecule has 0 bridgehead atoms. The van der Waals surface area contributed by atoms with Crippen LogP contribution in [0.1, 0.15) is 49.8 Å². The Labute approximate surface area is 129 Å². The topological polar surface area (TPSA) is 66.4 Å². The number of carboxylic acids is 1. The lowest BCUT2D eigenvalue weighted by atomic mass is 9.69. The van der Waals surface area contributed by atoms with E-state index in [1.165, 1.54) is 4.88 Å². The fourth-order valence-corrected chi connectivity index (χ4v) is 3.93. The van der Waals surface area contributed by atoms with Gasteiger partial charge in [-0.05, 0) is 36.1 Å².